The Kier molecular flexibility index (Phi) is 4.39. The van der Waals surface area contributed by atoms with Crippen LogP contribution in [0.15, 0.2) is 18.2 Å². The summed E-state index contributed by atoms with van der Waals surface area (Å²) in [6, 6.07) is 5.46. The number of aromatic nitrogens is 1. The molecular formula is C18H24FN. The number of hydrogen-bond donors (Lipinski definition) is 1. The van der Waals surface area contributed by atoms with Crippen LogP contribution in [0.5, 0.6) is 0 Å². The number of halogens is 1. The molecular weight excluding hydrogens is 249 g/mol. The number of nitrogens with one attached hydrogen (secondary N) is 1. The van der Waals surface area contributed by atoms with Crippen molar-refractivity contribution in [2.75, 3.05) is 0 Å². The van der Waals surface area contributed by atoms with E-state index in [1.54, 1.807) is 6.07 Å². The van der Waals surface area contributed by atoms with Gasteiger partial charge in [-0.2, -0.15) is 0 Å². The third kappa shape index (κ3) is 2.89. The largest absolute Gasteiger partial charge is 0.356 e. The molecule has 2 heteroatoms. The minimum absolute atomic E-state index is 0.112. The molecule has 2 aromatic rings. The SMILES string of the molecule is Fc1cccc2c3c([nH]c12)CCCCCCCCCC3. The van der Waals surface area contributed by atoms with Gasteiger partial charge in [-0.1, -0.05) is 50.7 Å². The second-order valence-corrected chi connectivity index (χ2v) is 6.07. The fourth-order valence-electron chi connectivity index (χ4n) is 3.45. The van der Waals surface area contributed by atoms with Crippen LogP contribution in [0, 0.1) is 5.82 Å². The van der Waals surface area contributed by atoms with Gasteiger partial charge >= 0.3 is 0 Å². The monoisotopic (exact) mass is 273 g/mol. The van der Waals surface area contributed by atoms with Crippen LogP contribution in [0.4, 0.5) is 4.39 Å². The van der Waals surface area contributed by atoms with Gasteiger partial charge in [0, 0.05) is 11.1 Å². The number of para-hydroxylation sites is 1. The highest BCUT2D eigenvalue weighted by molar-refractivity contribution is 5.85. The van der Waals surface area contributed by atoms with Gasteiger partial charge in [0.1, 0.15) is 5.82 Å². The molecule has 1 aromatic heterocycles. The third-order valence-electron chi connectivity index (χ3n) is 4.58. The van der Waals surface area contributed by atoms with Crippen LogP contribution in [-0.4, -0.2) is 4.98 Å². The van der Waals surface area contributed by atoms with Crippen LogP contribution in [0.1, 0.15) is 62.6 Å². The predicted octanol–water partition coefficient (Wildman–Crippen LogP) is 5.53. The van der Waals surface area contributed by atoms with E-state index < -0.39 is 0 Å². The second kappa shape index (κ2) is 6.43. The number of benzene rings is 1. The van der Waals surface area contributed by atoms with E-state index in [-0.39, 0.29) is 5.82 Å². The van der Waals surface area contributed by atoms with Crippen molar-refractivity contribution in [2.24, 2.45) is 0 Å². The predicted molar refractivity (Wildman–Crippen MR) is 82.6 cm³/mol. The van der Waals surface area contributed by atoms with E-state index in [0.717, 1.165) is 18.2 Å². The van der Waals surface area contributed by atoms with Crippen molar-refractivity contribution in [3.05, 3.63) is 35.3 Å². The van der Waals surface area contributed by atoms with Crippen LogP contribution in [0.25, 0.3) is 10.9 Å². The van der Waals surface area contributed by atoms with Crippen LogP contribution in [0.3, 0.4) is 0 Å². The lowest BCUT2D eigenvalue weighted by molar-refractivity contribution is 0.559. The summed E-state index contributed by atoms with van der Waals surface area (Å²) in [4.78, 5) is 3.36. The molecule has 0 bridgehead atoms. The van der Waals surface area contributed by atoms with Gasteiger partial charge < -0.3 is 4.98 Å². The Labute approximate surface area is 120 Å². The molecule has 0 aliphatic heterocycles. The van der Waals surface area contributed by atoms with E-state index in [9.17, 15) is 4.39 Å². The summed E-state index contributed by atoms with van der Waals surface area (Å²) >= 11 is 0. The molecule has 0 fully saturated rings. The lowest BCUT2D eigenvalue weighted by Gasteiger charge is -2.08. The van der Waals surface area contributed by atoms with Crippen molar-refractivity contribution in [3.63, 3.8) is 0 Å². The quantitative estimate of drug-likeness (QED) is 0.650. The average molecular weight is 273 g/mol. The smallest absolute Gasteiger partial charge is 0.147 e. The summed E-state index contributed by atoms with van der Waals surface area (Å²) in [5, 5.41) is 1.11. The van der Waals surface area contributed by atoms with Gasteiger partial charge in [-0.15, -0.1) is 0 Å². The van der Waals surface area contributed by atoms with Crippen LogP contribution >= 0.6 is 0 Å². The molecule has 1 N–H and O–H groups in total. The van der Waals surface area contributed by atoms with Gasteiger partial charge in [-0.05, 0) is 37.3 Å². The molecule has 108 valence electrons. The third-order valence-corrected chi connectivity index (χ3v) is 4.58. The molecule has 1 nitrogen and oxygen atoms in total. The van der Waals surface area contributed by atoms with Crippen LogP contribution in [-0.2, 0) is 12.8 Å². The molecule has 0 spiro atoms. The summed E-state index contributed by atoms with van der Waals surface area (Å²) in [5.74, 6) is -0.112. The second-order valence-electron chi connectivity index (χ2n) is 6.07. The Morgan fingerprint density at radius 3 is 2.20 bits per heavy atom. The maximum Gasteiger partial charge on any atom is 0.147 e. The molecule has 1 heterocycles. The number of aryl methyl sites for hydroxylation is 2. The molecule has 20 heavy (non-hydrogen) atoms. The summed E-state index contributed by atoms with van der Waals surface area (Å²) < 4.78 is 13.9. The summed E-state index contributed by atoms with van der Waals surface area (Å²) in [5.41, 5.74) is 3.37. The zero-order valence-corrected chi connectivity index (χ0v) is 12.2. The fraction of sp³-hybridized carbons (Fsp3) is 0.556. The van der Waals surface area contributed by atoms with Crippen molar-refractivity contribution < 1.29 is 4.39 Å². The molecule has 0 radical (unpaired) electrons. The number of aromatic amines is 1. The Bertz CT molecular complexity index is 570. The summed E-state index contributed by atoms with van der Waals surface area (Å²) in [6.07, 6.45) is 12.7. The van der Waals surface area contributed by atoms with Gasteiger partial charge in [0.15, 0.2) is 0 Å². The molecule has 0 atom stereocenters. The minimum Gasteiger partial charge on any atom is -0.356 e. The zero-order valence-electron chi connectivity index (χ0n) is 12.2. The van der Waals surface area contributed by atoms with E-state index in [4.69, 9.17) is 0 Å². The number of rotatable bonds is 0. The van der Waals surface area contributed by atoms with Crippen LogP contribution in [0.2, 0.25) is 0 Å². The van der Waals surface area contributed by atoms with Gasteiger partial charge in [0.2, 0.25) is 0 Å². The number of H-pyrrole nitrogens is 1. The molecule has 1 aliphatic rings. The zero-order chi connectivity index (χ0) is 13.8. The van der Waals surface area contributed by atoms with Crippen LogP contribution < -0.4 is 0 Å². The fourth-order valence-corrected chi connectivity index (χ4v) is 3.45. The van der Waals surface area contributed by atoms with Crippen molar-refractivity contribution >= 4 is 10.9 Å². The molecule has 0 unspecified atom stereocenters. The minimum atomic E-state index is -0.112. The molecule has 0 amide bonds. The van der Waals surface area contributed by atoms with Gasteiger partial charge in [0.05, 0.1) is 5.52 Å². The van der Waals surface area contributed by atoms with Crippen molar-refractivity contribution in [1.82, 2.24) is 4.98 Å². The lowest BCUT2D eigenvalue weighted by atomic mass is 9.98. The Hall–Kier alpha value is -1.31. The first-order valence-corrected chi connectivity index (χ1v) is 8.14. The van der Waals surface area contributed by atoms with E-state index in [1.807, 2.05) is 6.07 Å². The maximum atomic E-state index is 13.9. The Morgan fingerprint density at radius 1 is 0.800 bits per heavy atom. The normalized spacial score (nSPS) is 18.2. The summed E-state index contributed by atoms with van der Waals surface area (Å²) in [7, 11) is 0. The Balaban J connectivity index is 1.92. The lowest BCUT2D eigenvalue weighted by Crippen LogP contribution is -1.95. The van der Waals surface area contributed by atoms with Crippen molar-refractivity contribution in [3.8, 4) is 0 Å². The van der Waals surface area contributed by atoms with E-state index in [0.29, 0.717) is 5.52 Å². The van der Waals surface area contributed by atoms with Gasteiger partial charge in [0.25, 0.3) is 0 Å². The highest BCUT2D eigenvalue weighted by Gasteiger charge is 2.13. The van der Waals surface area contributed by atoms with E-state index >= 15 is 0 Å². The standard InChI is InChI=1S/C18H24FN/c19-16-12-9-11-15-14-10-7-5-3-1-2-4-6-8-13-17(14)20-18(15)16/h9,11-12,20H,1-8,10,13H2. The molecule has 1 aliphatic carbocycles. The maximum absolute atomic E-state index is 13.9. The number of hydrogen-bond acceptors (Lipinski definition) is 0. The van der Waals surface area contributed by atoms with Crippen molar-refractivity contribution in [2.45, 2.75) is 64.2 Å². The highest BCUT2D eigenvalue weighted by Crippen LogP contribution is 2.28. The molecule has 3 rings (SSSR count). The van der Waals surface area contributed by atoms with Gasteiger partial charge in [-0.25, -0.2) is 4.39 Å². The molecule has 0 saturated heterocycles. The first-order chi connectivity index (χ1) is 9.86. The highest BCUT2D eigenvalue weighted by atomic mass is 19.1. The summed E-state index contributed by atoms with van der Waals surface area (Å²) in [6.45, 7) is 0. The van der Waals surface area contributed by atoms with Crippen molar-refractivity contribution in [1.29, 1.82) is 0 Å². The molecule has 0 saturated carbocycles. The first kappa shape index (κ1) is 13.7. The first-order valence-electron chi connectivity index (χ1n) is 8.14. The molecule has 1 aromatic carbocycles. The van der Waals surface area contributed by atoms with E-state index in [1.165, 1.54) is 62.6 Å². The average Bonchev–Trinajstić information content (AvgIpc) is 2.78. The number of fused-ring (bicyclic) bond motifs is 3. The topological polar surface area (TPSA) is 15.8 Å². The van der Waals surface area contributed by atoms with E-state index in [2.05, 4.69) is 11.1 Å². The Morgan fingerprint density at radius 2 is 1.45 bits per heavy atom. The van der Waals surface area contributed by atoms with Gasteiger partial charge in [-0.3, -0.25) is 0 Å².